The molecule has 6 heteroatoms. The third kappa shape index (κ3) is 7.52. The van der Waals surface area contributed by atoms with E-state index in [2.05, 4.69) is 101 Å². The van der Waals surface area contributed by atoms with Gasteiger partial charge in [-0.1, -0.05) is 116 Å². The lowest BCUT2D eigenvalue weighted by atomic mass is 9.81. The molecule has 0 radical (unpaired) electrons. The highest BCUT2D eigenvalue weighted by molar-refractivity contribution is 6.00. The fourth-order valence-corrected chi connectivity index (χ4v) is 8.76. The Morgan fingerprint density at radius 3 is 2.08 bits per heavy atom. The van der Waals surface area contributed by atoms with Crippen LogP contribution in [0.25, 0.3) is 21.9 Å². The molecule has 2 aliphatic heterocycles. The van der Waals surface area contributed by atoms with E-state index >= 15 is 0 Å². The number of hydrogen-bond donors (Lipinski definition) is 2. The van der Waals surface area contributed by atoms with Gasteiger partial charge in [0.25, 0.3) is 0 Å². The lowest BCUT2D eigenvalue weighted by Crippen LogP contribution is -2.75. The van der Waals surface area contributed by atoms with Gasteiger partial charge in [0, 0.05) is 32.1 Å². The minimum Gasteiger partial charge on any atom is -0.342 e. The van der Waals surface area contributed by atoms with Crippen molar-refractivity contribution in [2.24, 2.45) is 11.8 Å². The Morgan fingerprint density at radius 1 is 0.740 bits per heavy atom. The van der Waals surface area contributed by atoms with Crippen LogP contribution in [0.3, 0.4) is 0 Å². The molecule has 1 aliphatic carbocycles. The van der Waals surface area contributed by atoms with Gasteiger partial charge < -0.3 is 15.5 Å². The highest BCUT2D eigenvalue weighted by Gasteiger charge is 2.54. The molecule has 2 N–H and O–H groups in total. The molecule has 0 aromatic heterocycles. The lowest BCUT2D eigenvalue weighted by molar-refractivity contribution is -0.162. The maximum Gasteiger partial charge on any atom is 0.247 e. The van der Waals surface area contributed by atoms with Crippen LogP contribution in [0.15, 0.2) is 97.1 Å². The minimum absolute atomic E-state index is 0.00118. The van der Waals surface area contributed by atoms with E-state index in [1.807, 2.05) is 30.0 Å². The predicted molar refractivity (Wildman–Crippen MR) is 204 cm³/mol. The maximum absolute atomic E-state index is 14.8. The number of fused-ring (bicyclic) bond motifs is 1. The molecule has 3 aliphatic rings. The third-order valence-corrected chi connectivity index (χ3v) is 12.1. The van der Waals surface area contributed by atoms with Gasteiger partial charge in [-0.15, -0.1) is 0 Å². The Kier molecular flexibility index (Phi) is 10.7. The number of hydrogen-bond acceptors (Lipinski definition) is 4. The predicted octanol–water partition coefficient (Wildman–Crippen LogP) is 7.61. The molecular formula is C44H54N4O2. The molecule has 2 amide bonds. The molecule has 2 heterocycles. The van der Waals surface area contributed by atoms with E-state index in [-0.39, 0.29) is 17.9 Å². The van der Waals surface area contributed by atoms with Crippen molar-refractivity contribution in [3.8, 4) is 11.1 Å². The summed E-state index contributed by atoms with van der Waals surface area (Å²) in [7, 11) is 0. The highest BCUT2D eigenvalue weighted by atomic mass is 16.2. The summed E-state index contributed by atoms with van der Waals surface area (Å²) < 4.78 is 0. The molecule has 7 rings (SSSR count). The first-order chi connectivity index (χ1) is 24.4. The molecule has 6 nitrogen and oxygen atoms in total. The summed E-state index contributed by atoms with van der Waals surface area (Å²) in [6, 6.07) is 32.8. The first kappa shape index (κ1) is 34.4. The molecule has 262 valence electrons. The second-order valence-corrected chi connectivity index (χ2v) is 15.4. The van der Waals surface area contributed by atoms with E-state index in [0.717, 1.165) is 66.7 Å². The molecule has 4 aromatic rings. The summed E-state index contributed by atoms with van der Waals surface area (Å²) in [5.41, 5.74) is 3.36. The molecule has 3 fully saturated rings. The first-order valence-corrected chi connectivity index (χ1v) is 19.1. The van der Waals surface area contributed by atoms with Crippen molar-refractivity contribution in [3.63, 3.8) is 0 Å². The minimum atomic E-state index is -1.03. The van der Waals surface area contributed by atoms with Gasteiger partial charge in [-0.3, -0.25) is 14.5 Å². The molecule has 1 saturated carbocycles. The summed E-state index contributed by atoms with van der Waals surface area (Å²) >= 11 is 0. The second-order valence-electron chi connectivity index (χ2n) is 15.4. The summed E-state index contributed by atoms with van der Waals surface area (Å²) in [5.74, 6) is 1.18. The number of nitrogens with zero attached hydrogens (tertiary/aromatic N) is 2. The Morgan fingerprint density at radius 2 is 1.36 bits per heavy atom. The van der Waals surface area contributed by atoms with Crippen LogP contribution in [-0.4, -0.2) is 65.4 Å². The van der Waals surface area contributed by atoms with Gasteiger partial charge in [0.05, 0.1) is 0 Å². The van der Waals surface area contributed by atoms with Crippen LogP contribution in [0.5, 0.6) is 0 Å². The van der Waals surface area contributed by atoms with Crippen molar-refractivity contribution in [2.75, 3.05) is 26.2 Å². The van der Waals surface area contributed by atoms with E-state index in [1.54, 1.807) is 0 Å². The third-order valence-electron chi connectivity index (χ3n) is 12.1. The van der Waals surface area contributed by atoms with Crippen LogP contribution in [0.2, 0.25) is 0 Å². The van der Waals surface area contributed by atoms with Crippen molar-refractivity contribution in [1.82, 2.24) is 20.4 Å². The van der Waals surface area contributed by atoms with Gasteiger partial charge in [0.2, 0.25) is 11.8 Å². The van der Waals surface area contributed by atoms with Gasteiger partial charge in [-0.05, 0) is 97.5 Å². The summed E-state index contributed by atoms with van der Waals surface area (Å²) in [4.78, 5) is 34.1. The second kappa shape index (κ2) is 15.5. The van der Waals surface area contributed by atoms with Crippen molar-refractivity contribution in [3.05, 3.63) is 108 Å². The molecule has 2 saturated heterocycles. The van der Waals surface area contributed by atoms with E-state index in [1.165, 1.54) is 37.5 Å². The largest absolute Gasteiger partial charge is 0.342 e. The van der Waals surface area contributed by atoms with E-state index in [4.69, 9.17) is 0 Å². The number of amides is 2. The van der Waals surface area contributed by atoms with Gasteiger partial charge in [-0.25, -0.2) is 0 Å². The molecule has 0 unspecified atom stereocenters. The average molecular weight is 671 g/mol. The number of piperidine rings is 1. The van der Waals surface area contributed by atoms with E-state index in [0.29, 0.717) is 24.8 Å². The Labute approximate surface area is 298 Å². The number of nitrogens with one attached hydrogen (secondary N) is 2. The van der Waals surface area contributed by atoms with Gasteiger partial charge in [0.1, 0.15) is 11.6 Å². The van der Waals surface area contributed by atoms with E-state index < -0.39 is 11.6 Å². The number of carbonyl (C=O) groups is 2. The Balaban J connectivity index is 1.20. The fourth-order valence-electron chi connectivity index (χ4n) is 8.76. The zero-order valence-electron chi connectivity index (χ0n) is 30.0. The lowest BCUT2D eigenvalue weighted by Gasteiger charge is -2.53. The monoisotopic (exact) mass is 670 g/mol. The van der Waals surface area contributed by atoms with E-state index in [9.17, 15) is 9.59 Å². The van der Waals surface area contributed by atoms with Crippen LogP contribution in [0, 0.1) is 11.8 Å². The van der Waals surface area contributed by atoms with Crippen LogP contribution in [0.4, 0.5) is 0 Å². The highest BCUT2D eigenvalue weighted by Crippen LogP contribution is 2.35. The van der Waals surface area contributed by atoms with Gasteiger partial charge in [0.15, 0.2) is 0 Å². The number of piperazine rings is 1. The standard InChI is InChI=1S/C44H54N4O2/c1-32(47(29-33-11-5-3-6-12-33)30-35-23-25-45-26-24-35)44(2)43(50)46-41(28-36-19-22-38-15-9-10-16-40(38)27-36)42(49)48(44)31-34-17-20-39(21-18-34)37-13-7-4-8-14-37/h4,7-10,13-22,27,32-33,35,41,45H,3,5-6,11-12,23-26,28-31H2,1-2H3,(H,46,50)/t32-,41+,44-/m1/s1. The molecule has 3 atom stereocenters. The van der Waals surface area contributed by atoms with Crippen molar-refractivity contribution < 1.29 is 9.59 Å². The van der Waals surface area contributed by atoms with Gasteiger partial charge >= 0.3 is 0 Å². The quantitative estimate of drug-likeness (QED) is 0.173. The maximum atomic E-state index is 14.8. The summed E-state index contributed by atoms with van der Waals surface area (Å²) in [6.07, 6.45) is 9.18. The average Bonchev–Trinajstić information content (AvgIpc) is 3.16. The SMILES string of the molecule is C[C@@H](N(CC1CCCCC1)CC1CCNCC1)[C@]1(C)C(=O)N[C@@H](Cc2ccc3ccccc3c2)C(=O)N1Cc1ccc(-c2ccccc2)cc1. The first-order valence-electron chi connectivity index (χ1n) is 19.1. The summed E-state index contributed by atoms with van der Waals surface area (Å²) in [5, 5.41) is 9.12. The number of carbonyl (C=O) groups excluding carboxylic acids is 2. The van der Waals surface area contributed by atoms with Crippen LogP contribution in [0.1, 0.15) is 69.9 Å². The Hall–Kier alpha value is -4.00. The van der Waals surface area contributed by atoms with Crippen LogP contribution in [-0.2, 0) is 22.6 Å². The zero-order valence-corrected chi connectivity index (χ0v) is 30.0. The molecular weight excluding hydrogens is 617 g/mol. The van der Waals surface area contributed by atoms with Crippen LogP contribution < -0.4 is 10.6 Å². The molecule has 4 aromatic carbocycles. The normalized spacial score (nSPS) is 22.9. The zero-order chi connectivity index (χ0) is 34.5. The van der Waals surface area contributed by atoms with Gasteiger partial charge in [-0.2, -0.15) is 0 Å². The molecule has 0 spiro atoms. The van der Waals surface area contributed by atoms with Crippen molar-refractivity contribution in [1.29, 1.82) is 0 Å². The fraction of sp³-hybridized carbons (Fsp3) is 0.455. The smallest absolute Gasteiger partial charge is 0.247 e. The van der Waals surface area contributed by atoms with Crippen LogP contribution >= 0.6 is 0 Å². The number of rotatable bonds is 11. The molecule has 0 bridgehead atoms. The topological polar surface area (TPSA) is 64.7 Å². The van der Waals surface area contributed by atoms with Crippen molar-refractivity contribution in [2.45, 2.75) is 89.4 Å². The Bertz CT molecular complexity index is 1730. The summed E-state index contributed by atoms with van der Waals surface area (Å²) in [6.45, 7) is 8.69. The molecule has 50 heavy (non-hydrogen) atoms. The number of benzene rings is 4. The van der Waals surface area contributed by atoms with Crippen molar-refractivity contribution >= 4 is 22.6 Å².